The van der Waals surface area contributed by atoms with Crippen LogP contribution in [0, 0.1) is 0 Å². The molecule has 7 nitrogen and oxygen atoms in total. The number of rotatable bonds is 5. The van der Waals surface area contributed by atoms with Crippen molar-refractivity contribution in [2.75, 3.05) is 33.3 Å². The van der Waals surface area contributed by atoms with E-state index >= 15 is 0 Å². The number of amides is 1. The Labute approximate surface area is 148 Å². The molecule has 2 aromatic rings. The molecule has 1 aliphatic heterocycles. The molecule has 2 heterocycles. The predicted molar refractivity (Wildman–Crippen MR) is 94.2 cm³/mol. The first-order valence-corrected chi connectivity index (χ1v) is 8.65. The van der Waals surface area contributed by atoms with Gasteiger partial charge in [-0.1, -0.05) is 12.1 Å². The maximum absolute atomic E-state index is 12.7. The topological polar surface area (TPSA) is 63.5 Å². The quantitative estimate of drug-likeness (QED) is 0.825. The number of benzene rings is 1. The summed E-state index contributed by atoms with van der Waals surface area (Å²) in [6.07, 6.45) is 4.03. The highest BCUT2D eigenvalue weighted by atomic mass is 16.5. The summed E-state index contributed by atoms with van der Waals surface area (Å²) in [5.41, 5.74) is 1.26. The van der Waals surface area contributed by atoms with Gasteiger partial charge in [0.2, 0.25) is 5.91 Å². The minimum absolute atomic E-state index is 0.108. The molecule has 1 saturated heterocycles. The van der Waals surface area contributed by atoms with E-state index in [0.29, 0.717) is 0 Å². The largest absolute Gasteiger partial charge is 0.497 e. The second-order valence-corrected chi connectivity index (χ2v) is 6.35. The van der Waals surface area contributed by atoms with Gasteiger partial charge in [0.1, 0.15) is 24.4 Å². The first kappa shape index (κ1) is 17.4. The summed E-state index contributed by atoms with van der Waals surface area (Å²) in [5, 5.41) is 4.08. The summed E-state index contributed by atoms with van der Waals surface area (Å²) in [7, 11) is 1.68. The van der Waals surface area contributed by atoms with E-state index in [4.69, 9.17) is 4.74 Å². The second-order valence-electron chi connectivity index (χ2n) is 6.35. The van der Waals surface area contributed by atoms with Crippen molar-refractivity contribution in [2.24, 2.45) is 0 Å². The third-order valence-electron chi connectivity index (χ3n) is 4.66. The van der Waals surface area contributed by atoms with Crippen LogP contribution in [-0.4, -0.2) is 63.8 Å². The van der Waals surface area contributed by atoms with Gasteiger partial charge in [-0.2, -0.15) is 5.10 Å². The van der Waals surface area contributed by atoms with Gasteiger partial charge in [-0.05, 0) is 31.0 Å². The van der Waals surface area contributed by atoms with Gasteiger partial charge < -0.3 is 9.64 Å². The summed E-state index contributed by atoms with van der Waals surface area (Å²) in [6, 6.07) is 7.86. The Morgan fingerprint density at radius 2 is 2.00 bits per heavy atom. The average Bonchev–Trinajstić information content (AvgIpc) is 3.08. The van der Waals surface area contributed by atoms with Gasteiger partial charge in [0, 0.05) is 32.7 Å². The van der Waals surface area contributed by atoms with Gasteiger partial charge in [-0.15, -0.1) is 0 Å². The number of ether oxygens (including phenoxy) is 1. The lowest BCUT2D eigenvalue weighted by Crippen LogP contribution is -2.39. The molecule has 1 aromatic carbocycles. The minimum Gasteiger partial charge on any atom is -0.497 e. The van der Waals surface area contributed by atoms with E-state index in [0.717, 1.165) is 44.9 Å². The van der Waals surface area contributed by atoms with Crippen LogP contribution < -0.4 is 4.74 Å². The molecule has 1 aromatic heterocycles. The van der Waals surface area contributed by atoms with Crippen molar-refractivity contribution in [3.8, 4) is 5.75 Å². The lowest BCUT2D eigenvalue weighted by molar-refractivity contribution is -0.134. The number of methoxy groups -OCH3 is 1. The van der Waals surface area contributed by atoms with E-state index < -0.39 is 0 Å². The molecule has 0 unspecified atom stereocenters. The summed E-state index contributed by atoms with van der Waals surface area (Å²) >= 11 is 0. The fourth-order valence-electron chi connectivity index (χ4n) is 3.13. The van der Waals surface area contributed by atoms with Gasteiger partial charge in [-0.3, -0.25) is 9.69 Å². The van der Waals surface area contributed by atoms with Crippen molar-refractivity contribution in [1.82, 2.24) is 24.6 Å². The normalized spacial score (nSPS) is 17.1. The summed E-state index contributed by atoms with van der Waals surface area (Å²) < 4.78 is 6.82. The second kappa shape index (κ2) is 8.11. The Morgan fingerprint density at radius 3 is 2.68 bits per heavy atom. The Balaban J connectivity index is 1.55. The minimum atomic E-state index is -0.310. The highest BCUT2D eigenvalue weighted by molar-refractivity contribution is 5.80. The van der Waals surface area contributed by atoms with E-state index in [1.807, 2.05) is 24.0 Å². The molecule has 0 N–H and O–H groups in total. The van der Waals surface area contributed by atoms with E-state index in [-0.39, 0.29) is 11.9 Å². The number of hydrogen-bond donors (Lipinski definition) is 0. The Kier molecular flexibility index (Phi) is 5.65. The molecule has 0 radical (unpaired) electrons. The molecular formula is C18H25N5O2. The standard InChI is InChI=1S/C18H25N5O2/c1-15(23-14-19-13-20-23)18(24)22-9-3-8-21(10-11-22)12-16-4-6-17(25-2)7-5-16/h4-7,13-15H,3,8-12H2,1-2H3/t15-/m0/s1. The molecule has 0 bridgehead atoms. The predicted octanol–water partition coefficient (Wildman–Crippen LogP) is 1.58. The SMILES string of the molecule is COc1ccc(CN2CCCN(C(=O)[C@H](C)n3cncn3)CC2)cc1. The van der Waals surface area contributed by atoms with Crippen molar-refractivity contribution in [2.45, 2.75) is 25.9 Å². The first-order valence-electron chi connectivity index (χ1n) is 8.65. The monoisotopic (exact) mass is 343 g/mol. The van der Waals surface area contributed by atoms with Crippen molar-refractivity contribution in [3.05, 3.63) is 42.5 Å². The van der Waals surface area contributed by atoms with E-state index in [2.05, 4.69) is 27.1 Å². The highest BCUT2D eigenvalue weighted by Gasteiger charge is 2.24. The zero-order valence-corrected chi connectivity index (χ0v) is 14.8. The Hall–Kier alpha value is -2.41. The van der Waals surface area contributed by atoms with Gasteiger partial charge >= 0.3 is 0 Å². The number of nitrogens with zero attached hydrogens (tertiary/aromatic N) is 5. The van der Waals surface area contributed by atoms with Crippen molar-refractivity contribution >= 4 is 5.91 Å². The molecule has 1 fully saturated rings. The maximum Gasteiger partial charge on any atom is 0.247 e. The Bertz CT molecular complexity index is 671. The van der Waals surface area contributed by atoms with Gasteiger partial charge in [0.25, 0.3) is 0 Å². The highest BCUT2D eigenvalue weighted by Crippen LogP contribution is 2.15. The molecule has 1 aliphatic rings. The molecule has 0 saturated carbocycles. The average molecular weight is 343 g/mol. The zero-order chi connectivity index (χ0) is 17.6. The molecule has 0 aliphatic carbocycles. The summed E-state index contributed by atoms with van der Waals surface area (Å²) in [5.74, 6) is 0.982. The van der Waals surface area contributed by atoms with Gasteiger partial charge in [0.15, 0.2) is 0 Å². The Morgan fingerprint density at radius 1 is 1.20 bits per heavy atom. The molecule has 134 valence electrons. The summed E-state index contributed by atoms with van der Waals surface area (Å²) in [4.78, 5) is 21.0. The van der Waals surface area contributed by atoms with E-state index in [1.54, 1.807) is 18.1 Å². The molecule has 25 heavy (non-hydrogen) atoms. The first-order chi connectivity index (χ1) is 12.2. The number of hydrogen-bond acceptors (Lipinski definition) is 5. The van der Waals surface area contributed by atoms with Crippen molar-refractivity contribution in [3.63, 3.8) is 0 Å². The molecule has 7 heteroatoms. The molecule has 1 amide bonds. The number of carbonyl (C=O) groups is 1. The van der Waals surface area contributed by atoms with E-state index in [1.165, 1.54) is 11.9 Å². The van der Waals surface area contributed by atoms with Crippen LogP contribution in [0.5, 0.6) is 5.75 Å². The number of carbonyl (C=O) groups excluding carboxylic acids is 1. The maximum atomic E-state index is 12.7. The van der Waals surface area contributed by atoms with Crippen LogP contribution in [0.4, 0.5) is 0 Å². The van der Waals surface area contributed by atoms with Crippen LogP contribution >= 0.6 is 0 Å². The number of aromatic nitrogens is 3. The van der Waals surface area contributed by atoms with Gasteiger partial charge in [0.05, 0.1) is 7.11 Å². The lowest BCUT2D eigenvalue weighted by Gasteiger charge is -2.24. The smallest absolute Gasteiger partial charge is 0.247 e. The third-order valence-corrected chi connectivity index (χ3v) is 4.66. The molecule has 1 atom stereocenters. The van der Waals surface area contributed by atoms with Crippen LogP contribution in [0.2, 0.25) is 0 Å². The van der Waals surface area contributed by atoms with Crippen molar-refractivity contribution in [1.29, 1.82) is 0 Å². The molecular weight excluding hydrogens is 318 g/mol. The third kappa shape index (κ3) is 4.36. The molecule has 0 spiro atoms. The van der Waals surface area contributed by atoms with E-state index in [9.17, 15) is 4.79 Å². The fraction of sp³-hybridized carbons (Fsp3) is 0.500. The lowest BCUT2D eigenvalue weighted by atomic mass is 10.2. The van der Waals surface area contributed by atoms with Crippen molar-refractivity contribution < 1.29 is 9.53 Å². The van der Waals surface area contributed by atoms with Crippen LogP contribution in [0.15, 0.2) is 36.9 Å². The molecule has 3 rings (SSSR count). The van der Waals surface area contributed by atoms with Crippen LogP contribution in [-0.2, 0) is 11.3 Å². The van der Waals surface area contributed by atoms with Crippen LogP contribution in [0.1, 0.15) is 24.9 Å². The fourth-order valence-corrected chi connectivity index (χ4v) is 3.13. The van der Waals surface area contributed by atoms with Crippen LogP contribution in [0.3, 0.4) is 0 Å². The van der Waals surface area contributed by atoms with Gasteiger partial charge in [-0.25, -0.2) is 9.67 Å². The van der Waals surface area contributed by atoms with Crippen LogP contribution in [0.25, 0.3) is 0 Å². The summed E-state index contributed by atoms with van der Waals surface area (Å²) in [6.45, 7) is 6.17. The zero-order valence-electron chi connectivity index (χ0n) is 14.8.